The highest BCUT2D eigenvalue weighted by atomic mass is 19.3. The topological polar surface area (TPSA) is 108 Å². The van der Waals surface area contributed by atoms with Crippen LogP contribution in [0.25, 0.3) is 0 Å². The third-order valence-corrected chi connectivity index (χ3v) is 4.23. The Morgan fingerprint density at radius 2 is 2.10 bits per heavy atom. The molecule has 1 aliphatic rings. The van der Waals surface area contributed by atoms with Crippen LogP contribution in [0.1, 0.15) is 29.7 Å². The van der Waals surface area contributed by atoms with E-state index in [0.29, 0.717) is 0 Å². The number of allylic oxidation sites excluding steroid dienone is 1. The van der Waals surface area contributed by atoms with Crippen LogP contribution in [-0.2, 0) is 0 Å². The van der Waals surface area contributed by atoms with Gasteiger partial charge in [0.2, 0.25) is 5.88 Å². The number of ether oxygens (including phenoxy) is 3. The minimum Gasteiger partial charge on any atom is -0.490 e. The first-order chi connectivity index (χ1) is 13.9. The summed E-state index contributed by atoms with van der Waals surface area (Å²) in [5, 5.41) is 9.65. The van der Waals surface area contributed by atoms with Crippen molar-refractivity contribution in [1.29, 1.82) is 5.26 Å². The van der Waals surface area contributed by atoms with E-state index in [1.165, 1.54) is 6.07 Å². The van der Waals surface area contributed by atoms with Crippen LogP contribution in [0.15, 0.2) is 44.9 Å². The number of benzene rings is 1. The van der Waals surface area contributed by atoms with E-state index in [1.54, 1.807) is 32.0 Å². The molecule has 1 aromatic heterocycles. The van der Waals surface area contributed by atoms with Crippen molar-refractivity contribution in [3.05, 3.63) is 63.0 Å². The van der Waals surface area contributed by atoms with Gasteiger partial charge in [-0.3, -0.25) is 0 Å². The van der Waals surface area contributed by atoms with E-state index in [4.69, 9.17) is 24.4 Å². The Hall–Kier alpha value is -3.54. The first kappa shape index (κ1) is 20.2. The smallest absolute Gasteiger partial charge is 0.343 e. The van der Waals surface area contributed by atoms with Gasteiger partial charge in [0.15, 0.2) is 11.5 Å². The molecule has 0 radical (unpaired) electrons. The molecule has 29 heavy (non-hydrogen) atoms. The Bertz CT molecular complexity index is 1060. The average molecular weight is 404 g/mol. The molecular formula is C20H18F2N2O5. The lowest BCUT2D eigenvalue weighted by Gasteiger charge is -2.27. The maximum Gasteiger partial charge on any atom is 0.343 e. The number of rotatable bonds is 6. The molecular weight excluding hydrogens is 386 g/mol. The summed E-state index contributed by atoms with van der Waals surface area (Å²) in [5.41, 5.74) is 5.40. The highest BCUT2D eigenvalue weighted by Crippen LogP contribution is 2.46. The highest BCUT2D eigenvalue weighted by molar-refractivity contribution is 5.60. The van der Waals surface area contributed by atoms with E-state index in [2.05, 4.69) is 0 Å². The molecule has 0 amide bonds. The molecule has 9 heteroatoms. The van der Waals surface area contributed by atoms with Crippen molar-refractivity contribution in [2.75, 3.05) is 13.2 Å². The number of hydrogen-bond donors (Lipinski definition) is 1. The van der Waals surface area contributed by atoms with Crippen molar-refractivity contribution in [3.8, 4) is 23.3 Å². The first-order valence-corrected chi connectivity index (χ1v) is 8.76. The van der Waals surface area contributed by atoms with Gasteiger partial charge in [-0.25, -0.2) is 13.6 Å². The lowest BCUT2D eigenvalue weighted by Crippen LogP contribution is -2.27. The second-order valence-corrected chi connectivity index (χ2v) is 6.16. The summed E-state index contributed by atoms with van der Waals surface area (Å²) >= 11 is 0. The van der Waals surface area contributed by atoms with Crippen molar-refractivity contribution < 1.29 is 27.4 Å². The van der Waals surface area contributed by atoms with Crippen LogP contribution in [0.3, 0.4) is 0 Å². The molecule has 2 aromatic rings. The fraction of sp³-hybridized carbons (Fsp3) is 0.300. The lowest BCUT2D eigenvalue weighted by molar-refractivity contribution is 0.0795. The van der Waals surface area contributed by atoms with E-state index < -0.39 is 24.6 Å². The summed E-state index contributed by atoms with van der Waals surface area (Å²) < 4.78 is 47.1. The predicted molar refractivity (Wildman–Crippen MR) is 98.1 cm³/mol. The average Bonchev–Trinajstić information content (AvgIpc) is 2.65. The fourth-order valence-electron chi connectivity index (χ4n) is 3.16. The number of alkyl halides is 2. The number of halogens is 2. The Kier molecular flexibility index (Phi) is 5.73. The Balaban J connectivity index is 2.28. The SMILES string of the molecule is CCOc1cccc([C@H]2C(C#N)=C(N)Oc3cc(C)oc(=O)c32)c1OCC(F)F. The largest absolute Gasteiger partial charge is 0.490 e. The van der Waals surface area contributed by atoms with E-state index in [9.17, 15) is 18.8 Å². The van der Waals surface area contributed by atoms with Crippen LogP contribution in [-0.4, -0.2) is 19.6 Å². The monoisotopic (exact) mass is 404 g/mol. The molecule has 152 valence electrons. The molecule has 3 rings (SSSR count). The minimum atomic E-state index is -2.73. The zero-order valence-corrected chi connectivity index (χ0v) is 15.7. The zero-order chi connectivity index (χ0) is 21.1. The van der Waals surface area contributed by atoms with Crippen LogP contribution < -0.4 is 25.6 Å². The molecule has 1 atom stereocenters. The second kappa shape index (κ2) is 8.22. The summed E-state index contributed by atoms with van der Waals surface area (Å²) in [6.45, 7) is 2.65. The molecule has 1 aliphatic heterocycles. The maximum atomic E-state index is 12.8. The number of aryl methyl sites for hydroxylation is 1. The summed E-state index contributed by atoms with van der Waals surface area (Å²) in [7, 11) is 0. The number of fused-ring (bicyclic) bond motifs is 1. The van der Waals surface area contributed by atoms with Gasteiger partial charge in [0, 0.05) is 11.6 Å². The van der Waals surface area contributed by atoms with Gasteiger partial charge in [-0.15, -0.1) is 0 Å². The number of hydrogen-bond acceptors (Lipinski definition) is 7. The van der Waals surface area contributed by atoms with E-state index in [1.807, 2.05) is 6.07 Å². The van der Waals surface area contributed by atoms with Crippen LogP contribution in [0.5, 0.6) is 17.2 Å². The normalized spacial score (nSPS) is 15.5. The molecule has 7 nitrogen and oxygen atoms in total. The molecule has 0 spiro atoms. The third-order valence-electron chi connectivity index (χ3n) is 4.23. The first-order valence-electron chi connectivity index (χ1n) is 8.76. The van der Waals surface area contributed by atoms with Gasteiger partial charge in [-0.2, -0.15) is 5.26 Å². The van der Waals surface area contributed by atoms with Gasteiger partial charge in [0.05, 0.1) is 18.1 Å². The van der Waals surface area contributed by atoms with Gasteiger partial charge in [-0.05, 0) is 19.9 Å². The summed E-state index contributed by atoms with van der Waals surface area (Å²) in [5.74, 6) is -0.621. The second-order valence-electron chi connectivity index (χ2n) is 6.16. The number of nitriles is 1. The van der Waals surface area contributed by atoms with Gasteiger partial charge >= 0.3 is 5.63 Å². The van der Waals surface area contributed by atoms with E-state index in [-0.39, 0.29) is 52.2 Å². The predicted octanol–water partition coefficient (Wildman–Crippen LogP) is 3.21. The van der Waals surface area contributed by atoms with Crippen molar-refractivity contribution in [2.24, 2.45) is 5.73 Å². The zero-order valence-electron chi connectivity index (χ0n) is 15.7. The molecule has 0 bridgehead atoms. The third kappa shape index (κ3) is 3.87. The van der Waals surface area contributed by atoms with Crippen LogP contribution in [0.4, 0.5) is 8.78 Å². The summed E-state index contributed by atoms with van der Waals surface area (Å²) in [4.78, 5) is 12.6. The van der Waals surface area contributed by atoms with Gasteiger partial charge < -0.3 is 24.4 Å². The Morgan fingerprint density at radius 1 is 1.34 bits per heavy atom. The summed E-state index contributed by atoms with van der Waals surface area (Å²) in [6.07, 6.45) is -2.73. The standard InChI is InChI=1S/C20H18F2N2O5/c1-3-26-13-6-4-5-11(18(13)27-9-15(21)22)16-12(8-23)19(24)29-14-7-10(2)28-20(25)17(14)16/h4-7,15-16H,3,9,24H2,1-2H3/t16-/m0/s1. The Morgan fingerprint density at radius 3 is 2.76 bits per heavy atom. The molecule has 0 aliphatic carbocycles. The minimum absolute atomic E-state index is 0.00646. The van der Waals surface area contributed by atoms with Gasteiger partial charge in [0.1, 0.15) is 29.8 Å². The molecule has 0 fully saturated rings. The van der Waals surface area contributed by atoms with Gasteiger partial charge in [-0.1, -0.05) is 12.1 Å². The molecule has 0 saturated heterocycles. The summed E-state index contributed by atoms with van der Waals surface area (Å²) in [6, 6.07) is 8.10. The van der Waals surface area contributed by atoms with Crippen molar-refractivity contribution >= 4 is 0 Å². The van der Waals surface area contributed by atoms with E-state index in [0.717, 1.165) is 0 Å². The lowest BCUT2D eigenvalue weighted by atomic mass is 9.83. The van der Waals surface area contributed by atoms with Crippen molar-refractivity contribution in [2.45, 2.75) is 26.2 Å². The highest BCUT2D eigenvalue weighted by Gasteiger charge is 2.36. The number of nitrogens with two attached hydrogens (primary N) is 1. The van der Waals surface area contributed by atoms with Crippen LogP contribution in [0, 0.1) is 18.3 Å². The molecule has 1 aromatic carbocycles. The maximum absolute atomic E-state index is 12.8. The van der Waals surface area contributed by atoms with Crippen molar-refractivity contribution in [3.63, 3.8) is 0 Å². The van der Waals surface area contributed by atoms with Crippen molar-refractivity contribution in [1.82, 2.24) is 0 Å². The van der Waals surface area contributed by atoms with Gasteiger partial charge in [0.25, 0.3) is 6.43 Å². The number of para-hydroxylation sites is 1. The van der Waals surface area contributed by atoms with E-state index >= 15 is 0 Å². The molecule has 0 unspecified atom stereocenters. The number of nitrogens with zero attached hydrogens (tertiary/aromatic N) is 1. The Labute approximate surface area is 164 Å². The fourth-order valence-corrected chi connectivity index (χ4v) is 3.16. The van der Waals surface area contributed by atoms with Crippen LogP contribution >= 0.6 is 0 Å². The van der Waals surface area contributed by atoms with Crippen LogP contribution in [0.2, 0.25) is 0 Å². The quantitative estimate of drug-likeness (QED) is 0.788. The molecule has 2 heterocycles. The molecule has 0 saturated carbocycles. The molecule has 2 N–H and O–H groups in total.